The molecular formula is C20H22N2O7. The fourth-order valence-electron chi connectivity index (χ4n) is 2.73. The highest BCUT2D eigenvalue weighted by molar-refractivity contribution is 6.02. The van der Waals surface area contributed by atoms with Gasteiger partial charge in [-0.1, -0.05) is 12.1 Å². The number of amides is 1. The van der Waals surface area contributed by atoms with Crippen LogP contribution in [0.3, 0.4) is 0 Å². The minimum Gasteiger partial charge on any atom is -0.481 e. The Bertz CT molecular complexity index is 946. The maximum Gasteiger partial charge on any atom is 0.344 e. The molecule has 2 rings (SSSR count). The van der Waals surface area contributed by atoms with Gasteiger partial charge in [0.1, 0.15) is 5.75 Å². The van der Waals surface area contributed by atoms with Crippen LogP contribution in [0.2, 0.25) is 0 Å². The highest BCUT2D eigenvalue weighted by Gasteiger charge is 2.23. The fraction of sp³-hybridized carbons (Fsp3) is 0.300. The third kappa shape index (κ3) is 5.22. The molecule has 0 bridgehead atoms. The first-order valence-corrected chi connectivity index (χ1v) is 8.83. The highest BCUT2D eigenvalue weighted by atomic mass is 16.6. The lowest BCUT2D eigenvalue weighted by atomic mass is 10.1. The van der Waals surface area contributed by atoms with Gasteiger partial charge in [-0.2, -0.15) is 0 Å². The number of para-hydroxylation sites is 1. The number of hydrogen-bond donors (Lipinski definition) is 2. The molecule has 0 spiro atoms. The van der Waals surface area contributed by atoms with Crippen LogP contribution in [0.4, 0.5) is 0 Å². The second-order valence-electron chi connectivity index (χ2n) is 6.08. The number of nitrogens with one attached hydrogen (secondary N) is 1. The van der Waals surface area contributed by atoms with Crippen LogP contribution in [0.25, 0.3) is 0 Å². The summed E-state index contributed by atoms with van der Waals surface area (Å²) in [6, 6.07) is 6.17. The van der Waals surface area contributed by atoms with Gasteiger partial charge in [-0.05, 0) is 38.5 Å². The molecule has 0 aliphatic rings. The van der Waals surface area contributed by atoms with Gasteiger partial charge in [0.25, 0.3) is 5.91 Å². The van der Waals surface area contributed by atoms with E-state index >= 15 is 0 Å². The summed E-state index contributed by atoms with van der Waals surface area (Å²) >= 11 is 0. The average Bonchev–Trinajstić information content (AvgIpc) is 2.99. The number of ketones is 1. The Morgan fingerprint density at radius 3 is 2.38 bits per heavy atom. The van der Waals surface area contributed by atoms with E-state index in [1.54, 1.807) is 32.9 Å². The van der Waals surface area contributed by atoms with Crippen molar-refractivity contribution in [3.8, 4) is 5.75 Å². The van der Waals surface area contributed by atoms with Gasteiger partial charge in [0.15, 0.2) is 13.2 Å². The van der Waals surface area contributed by atoms with E-state index in [4.69, 9.17) is 19.9 Å². The van der Waals surface area contributed by atoms with Crippen molar-refractivity contribution in [2.45, 2.75) is 20.8 Å². The first-order valence-electron chi connectivity index (χ1n) is 8.83. The standard InChI is InChI=1S/C20H22N2O7/c1-4-27-20(26)17-11(2)18(22-12(17)3)14(23)9-29-16(24)10-28-15-8-6-5-7-13(15)19(21)25/h5-8,22H,4,9-10H2,1-3H3,(H2,21,25). The van der Waals surface area contributed by atoms with Gasteiger partial charge in [0.2, 0.25) is 5.78 Å². The molecule has 0 unspecified atom stereocenters. The smallest absolute Gasteiger partial charge is 0.344 e. The predicted octanol–water partition coefficient (Wildman–Crippen LogP) is 1.71. The van der Waals surface area contributed by atoms with Gasteiger partial charge in [-0.25, -0.2) is 9.59 Å². The van der Waals surface area contributed by atoms with Crippen molar-refractivity contribution >= 4 is 23.6 Å². The van der Waals surface area contributed by atoms with E-state index in [-0.39, 0.29) is 29.2 Å². The summed E-state index contributed by atoms with van der Waals surface area (Å²) in [7, 11) is 0. The molecule has 3 N–H and O–H groups in total. The van der Waals surface area contributed by atoms with Crippen molar-refractivity contribution in [2.75, 3.05) is 19.8 Å². The SMILES string of the molecule is CCOC(=O)c1c(C)[nH]c(C(=O)COC(=O)COc2ccccc2C(N)=O)c1C. The van der Waals surface area contributed by atoms with Crippen LogP contribution in [-0.4, -0.2) is 48.4 Å². The molecule has 0 radical (unpaired) electrons. The van der Waals surface area contributed by atoms with Crippen molar-refractivity contribution in [1.29, 1.82) is 0 Å². The molecule has 0 atom stereocenters. The Kier molecular flexibility index (Phi) is 7.13. The zero-order valence-electron chi connectivity index (χ0n) is 16.4. The molecule has 9 heteroatoms. The molecule has 1 aromatic carbocycles. The van der Waals surface area contributed by atoms with Gasteiger partial charge in [0.05, 0.1) is 23.4 Å². The van der Waals surface area contributed by atoms with Crippen molar-refractivity contribution in [1.82, 2.24) is 4.98 Å². The molecule has 1 heterocycles. The summed E-state index contributed by atoms with van der Waals surface area (Å²) in [6.45, 7) is 4.10. The van der Waals surface area contributed by atoms with Crippen molar-refractivity contribution < 1.29 is 33.4 Å². The number of nitrogens with two attached hydrogens (primary N) is 1. The topological polar surface area (TPSA) is 138 Å². The zero-order valence-corrected chi connectivity index (χ0v) is 16.4. The molecule has 0 fully saturated rings. The van der Waals surface area contributed by atoms with Crippen LogP contribution in [0.1, 0.15) is 49.4 Å². The van der Waals surface area contributed by atoms with Gasteiger partial charge >= 0.3 is 11.9 Å². The number of aromatic amines is 1. The van der Waals surface area contributed by atoms with E-state index in [9.17, 15) is 19.2 Å². The van der Waals surface area contributed by atoms with Gasteiger partial charge < -0.3 is 24.9 Å². The number of H-pyrrole nitrogens is 1. The van der Waals surface area contributed by atoms with Crippen molar-refractivity contribution in [3.05, 3.63) is 52.3 Å². The Morgan fingerprint density at radius 1 is 1.03 bits per heavy atom. The fourth-order valence-corrected chi connectivity index (χ4v) is 2.73. The molecule has 0 aliphatic carbocycles. The van der Waals surface area contributed by atoms with Crippen LogP contribution >= 0.6 is 0 Å². The number of benzene rings is 1. The molecule has 1 aromatic heterocycles. The monoisotopic (exact) mass is 402 g/mol. The van der Waals surface area contributed by atoms with Crippen molar-refractivity contribution in [2.24, 2.45) is 5.73 Å². The Balaban J connectivity index is 1.96. The van der Waals surface area contributed by atoms with E-state index in [0.717, 1.165) is 0 Å². The maximum atomic E-state index is 12.4. The summed E-state index contributed by atoms with van der Waals surface area (Å²) in [4.78, 5) is 50.4. The number of carbonyl (C=O) groups excluding carboxylic acids is 4. The first-order chi connectivity index (χ1) is 13.8. The molecule has 9 nitrogen and oxygen atoms in total. The molecule has 0 saturated heterocycles. The third-order valence-electron chi connectivity index (χ3n) is 4.06. The Hall–Kier alpha value is -3.62. The van der Waals surface area contributed by atoms with E-state index in [0.29, 0.717) is 11.3 Å². The third-order valence-corrected chi connectivity index (χ3v) is 4.06. The van der Waals surface area contributed by atoms with E-state index in [1.165, 1.54) is 12.1 Å². The summed E-state index contributed by atoms with van der Waals surface area (Å²) in [6.07, 6.45) is 0. The van der Waals surface area contributed by atoms with Crippen LogP contribution in [0.5, 0.6) is 5.75 Å². The van der Waals surface area contributed by atoms with Crippen LogP contribution in [0.15, 0.2) is 24.3 Å². The highest BCUT2D eigenvalue weighted by Crippen LogP contribution is 2.20. The molecule has 1 amide bonds. The van der Waals surface area contributed by atoms with Crippen molar-refractivity contribution in [3.63, 3.8) is 0 Å². The maximum absolute atomic E-state index is 12.4. The van der Waals surface area contributed by atoms with Gasteiger partial charge in [-0.15, -0.1) is 0 Å². The van der Waals surface area contributed by atoms with Crippen LogP contribution in [-0.2, 0) is 14.3 Å². The number of aromatic nitrogens is 1. The summed E-state index contributed by atoms with van der Waals surface area (Å²) < 4.78 is 15.2. The molecular weight excluding hydrogens is 380 g/mol. The molecule has 2 aromatic rings. The second kappa shape index (κ2) is 9.54. The van der Waals surface area contributed by atoms with Gasteiger partial charge in [0, 0.05) is 5.69 Å². The molecule has 154 valence electrons. The normalized spacial score (nSPS) is 10.3. The molecule has 0 aliphatic heterocycles. The number of Topliss-reactive ketones (excluding diaryl/α,β-unsaturated/α-hetero) is 1. The zero-order chi connectivity index (χ0) is 21.6. The number of carbonyl (C=O) groups is 4. The minimum atomic E-state index is -0.802. The number of esters is 2. The summed E-state index contributed by atoms with van der Waals surface area (Å²) in [5, 5.41) is 0. The summed E-state index contributed by atoms with van der Waals surface area (Å²) in [5.41, 5.74) is 6.72. The van der Waals surface area contributed by atoms with E-state index in [1.807, 2.05) is 0 Å². The van der Waals surface area contributed by atoms with Crippen LogP contribution in [0, 0.1) is 13.8 Å². The van der Waals surface area contributed by atoms with E-state index < -0.39 is 36.8 Å². The number of ether oxygens (including phenoxy) is 3. The Labute approximate surface area is 167 Å². The minimum absolute atomic E-state index is 0.125. The lowest BCUT2D eigenvalue weighted by Gasteiger charge is -2.09. The Morgan fingerprint density at radius 2 is 1.72 bits per heavy atom. The molecule has 29 heavy (non-hydrogen) atoms. The largest absolute Gasteiger partial charge is 0.481 e. The van der Waals surface area contributed by atoms with Gasteiger partial charge in [-0.3, -0.25) is 9.59 Å². The average molecular weight is 402 g/mol. The number of aryl methyl sites for hydroxylation is 1. The summed E-state index contributed by atoms with van der Waals surface area (Å²) in [5.74, 6) is -2.40. The second-order valence-corrected chi connectivity index (χ2v) is 6.08. The lowest BCUT2D eigenvalue weighted by Crippen LogP contribution is -2.21. The number of hydrogen-bond acceptors (Lipinski definition) is 7. The van der Waals surface area contributed by atoms with Crippen LogP contribution < -0.4 is 10.5 Å². The van der Waals surface area contributed by atoms with E-state index in [2.05, 4.69) is 4.98 Å². The lowest BCUT2D eigenvalue weighted by molar-refractivity contribution is -0.144. The quantitative estimate of drug-likeness (QED) is 0.481. The first kappa shape index (κ1) is 21.7. The molecule has 0 saturated carbocycles. The number of rotatable bonds is 9. The predicted molar refractivity (Wildman–Crippen MR) is 102 cm³/mol. The number of primary amides is 1.